The summed E-state index contributed by atoms with van der Waals surface area (Å²) in [6.07, 6.45) is -4.51. The molecule has 1 amide bonds. The monoisotopic (exact) mass is 413 g/mol. The van der Waals surface area contributed by atoms with E-state index in [0.717, 1.165) is 23.9 Å². The van der Waals surface area contributed by atoms with E-state index in [4.69, 9.17) is 11.6 Å². The summed E-state index contributed by atoms with van der Waals surface area (Å²) in [4.78, 5) is 16.3. The van der Waals surface area contributed by atoms with Crippen molar-refractivity contribution in [3.05, 3.63) is 53.1 Å². The van der Waals surface area contributed by atoms with Crippen LogP contribution in [-0.2, 0) is 11.0 Å². The van der Waals surface area contributed by atoms with E-state index < -0.39 is 17.6 Å². The molecule has 1 fully saturated rings. The van der Waals surface area contributed by atoms with E-state index in [-0.39, 0.29) is 23.0 Å². The highest BCUT2D eigenvalue weighted by atomic mass is 35.5. The van der Waals surface area contributed by atoms with Crippen molar-refractivity contribution in [3.63, 3.8) is 0 Å². The molecule has 2 aromatic rings. The maximum atomic E-state index is 12.8. The topological polar surface area (TPSA) is 55.8 Å². The number of halogens is 4. The molecule has 2 aromatic carbocycles. The van der Waals surface area contributed by atoms with Gasteiger partial charge in [-0.15, -0.1) is 0 Å². The van der Waals surface area contributed by atoms with Crippen molar-refractivity contribution in [2.75, 3.05) is 42.9 Å². The summed E-state index contributed by atoms with van der Waals surface area (Å²) in [7, 11) is 0. The molecule has 1 saturated heterocycles. The van der Waals surface area contributed by atoms with Crippen molar-refractivity contribution in [1.82, 2.24) is 4.90 Å². The molecule has 0 unspecified atom stereocenters. The third kappa shape index (κ3) is 5.08. The number of phenols is 1. The van der Waals surface area contributed by atoms with Crippen molar-refractivity contribution in [2.45, 2.75) is 6.18 Å². The van der Waals surface area contributed by atoms with Crippen LogP contribution in [0.3, 0.4) is 0 Å². The van der Waals surface area contributed by atoms with Crippen LogP contribution in [0.1, 0.15) is 5.56 Å². The zero-order valence-electron chi connectivity index (χ0n) is 14.8. The van der Waals surface area contributed by atoms with Crippen molar-refractivity contribution < 1.29 is 23.1 Å². The molecule has 1 aliphatic heterocycles. The number of hydrogen-bond acceptors (Lipinski definition) is 4. The first-order valence-corrected chi connectivity index (χ1v) is 9.03. The molecule has 28 heavy (non-hydrogen) atoms. The molecule has 150 valence electrons. The number of aromatic hydroxyl groups is 1. The summed E-state index contributed by atoms with van der Waals surface area (Å²) in [5.74, 6) is -0.216. The Kier molecular flexibility index (Phi) is 6.00. The number of carbonyl (C=O) groups excluding carboxylic acids is 1. The molecule has 0 spiro atoms. The number of hydrogen-bond donors (Lipinski definition) is 2. The largest absolute Gasteiger partial charge is 0.508 e. The van der Waals surface area contributed by atoms with Crippen molar-refractivity contribution in [3.8, 4) is 5.75 Å². The second kappa shape index (κ2) is 8.28. The maximum absolute atomic E-state index is 12.8. The average Bonchev–Trinajstić information content (AvgIpc) is 2.64. The van der Waals surface area contributed by atoms with Crippen LogP contribution in [0, 0.1) is 0 Å². The number of nitrogens with one attached hydrogen (secondary N) is 1. The highest BCUT2D eigenvalue weighted by Gasteiger charge is 2.31. The number of carbonyl (C=O) groups is 1. The van der Waals surface area contributed by atoms with Gasteiger partial charge < -0.3 is 15.3 Å². The first-order valence-electron chi connectivity index (χ1n) is 8.65. The zero-order valence-corrected chi connectivity index (χ0v) is 15.6. The van der Waals surface area contributed by atoms with Gasteiger partial charge in [-0.1, -0.05) is 11.6 Å². The lowest BCUT2D eigenvalue weighted by atomic mass is 10.2. The second-order valence-corrected chi connectivity index (χ2v) is 6.93. The summed E-state index contributed by atoms with van der Waals surface area (Å²) in [5, 5.41) is 11.9. The van der Waals surface area contributed by atoms with Crippen molar-refractivity contribution in [1.29, 1.82) is 0 Å². The molecule has 1 aliphatic rings. The normalized spacial score (nSPS) is 15.5. The fraction of sp³-hybridized carbons (Fsp3) is 0.316. The van der Waals surface area contributed by atoms with E-state index in [1.54, 1.807) is 12.1 Å². The minimum Gasteiger partial charge on any atom is -0.508 e. The fourth-order valence-electron chi connectivity index (χ4n) is 3.02. The zero-order chi connectivity index (χ0) is 20.3. The highest BCUT2D eigenvalue weighted by Crippen LogP contribution is 2.33. The standard InChI is InChI=1S/C19H19ClF3N3O2/c20-16-6-1-13(19(21,22)23)11-17(16)24-18(28)12-25-7-9-26(10-8-25)14-2-4-15(27)5-3-14/h1-6,11,27H,7-10,12H2,(H,24,28). The van der Waals surface area contributed by atoms with Gasteiger partial charge in [0, 0.05) is 31.9 Å². The van der Waals surface area contributed by atoms with Crippen LogP contribution in [-0.4, -0.2) is 48.6 Å². The molecule has 9 heteroatoms. The van der Waals surface area contributed by atoms with E-state index in [2.05, 4.69) is 10.2 Å². The number of benzene rings is 2. The van der Waals surface area contributed by atoms with Gasteiger partial charge in [0.25, 0.3) is 0 Å². The van der Waals surface area contributed by atoms with E-state index >= 15 is 0 Å². The van der Waals surface area contributed by atoms with E-state index in [0.29, 0.717) is 26.2 Å². The minimum absolute atomic E-state index is 0.0516. The minimum atomic E-state index is -4.51. The number of nitrogens with zero attached hydrogens (tertiary/aromatic N) is 2. The van der Waals surface area contributed by atoms with Gasteiger partial charge in [0.2, 0.25) is 5.91 Å². The van der Waals surface area contributed by atoms with Gasteiger partial charge in [-0.3, -0.25) is 9.69 Å². The Bertz CT molecular complexity index is 835. The molecular formula is C19H19ClF3N3O2. The lowest BCUT2D eigenvalue weighted by molar-refractivity contribution is -0.137. The summed E-state index contributed by atoms with van der Waals surface area (Å²) in [6.45, 7) is 2.72. The Morgan fingerprint density at radius 1 is 1.07 bits per heavy atom. The predicted molar refractivity (Wildman–Crippen MR) is 102 cm³/mol. The lowest BCUT2D eigenvalue weighted by Gasteiger charge is -2.35. The molecule has 0 atom stereocenters. The Morgan fingerprint density at radius 2 is 1.71 bits per heavy atom. The Morgan fingerprint density at radius 3 is 2.32 bits per heavy atom. The van der Waals surface area contributed by atoms with E-state index in [1.807, 2.05) is 17.0 Å². The first kappa shape index (κ1) is 20.3. The highest BCUT2D eigenvalue weighted by molar-refractivity contribution is 6.33. The Balaban J connectivity index is 1.54. The van der Waals surface area contributed by atoms with Crippen LogP contribution in [0.2, 0.25) is 5.02 Å². The average molecular weight is 414 g/mol. The first-order chi connectivity index (χ1) is 13.2. The van der Waals surface area contributed by atoms with Gasteiger partial charge >= 0.3 is 6.18 Å². The molecule has 1 heterocycles. The van der Waals surface area contributed by atoms with Crippen LogP contribution >= 0.6 is 11.6 Å². The van der Waals surface area contributed by atoms with Gasteiger partial charge in [0.05, 0.1) is 22.8 Å². The number of anilines is 2. The summed E-state index contributed by atoms with van der Waals surface area (Å²) in [5.41, 5.74) is 0.0663. The quantitative estimate of drug-likeness (QED) is 0.800. The number of piperazine rings is 1. The van der Waals surface area contributed by atoms with Crippen LogP contribution in [0.15, 0.2) is 42.5 Å². The Hall–Kier alpha value is -2.45. The van der Waals surface area contributed by atoms with Crippen LogP contribution < -0.4 is 10.2 Å². The van der Waals surface area contributed by atoms with Crippen LogP contribution in [0.4, 0.5) is 24.5 Å². The molecule has 0 aliphatic carbocycles. The van der Waals surface area contributed by atoms with Gasteiger partial charge in [-0.25, -0.2) is 0 Å². The molecular weight excluding hydrogens is 395 g/mol. The number of alkyl halides is 3. The van der Waals surface area contributed by atoms with Gasteiger partial charge in [0.15, 0.2) is 0 Å². The van der Waals surface area contributed by atoms with Crippen LogP contribution in [0.25, 0.3) is 0 Å². The van der Waals surface area contributed by atoms with Crippen LogP contribution in [0.5, 0.6) is 5.75 Å². The van der Waals surface area contributed by atoms with Gasteiger partial charge in [-0.2, -0.15) is 13.2 Å². The Labute approximate surface area is 165 Å². The van der Waals surface area contributed by atoms with E-state index in [9.17, 15) is 23.1 Å². The van der Waals surface area contributed by atoms with Crippen molar-refractivity contribution in [2.24, 2.45) is 0 Å². The summed E-state index contributed by atoms with van der Waals surface area (Å²) in [6, 6.07) is 9.72. The molecule has 0 saturated carbocycles. The lowest BCUT2D eigenvalue weighted by Crippen LogP contribution is -2.48. The maximum Gasteiger partial charge on any atom is 0.416 e. The third-order valence-corrected chi connectivity index (χ3v) is 4.85. The molecule has 5 nitrogen and oxygen atoms in total. The molecule has 0 radical (unpaired) electrons. The number of amides is 1. The molecule has 2 N–H and O–H groups in total. The number of rotatable bonds is 4. The second-order valence-electron chi connectivity index (χ2n) is 6.52. The van der Waals surface area contributed by atoms with E-state index in [1.165, 1.54) is 0 Å². The summed E-state index contributed by atoms with van der Waals surface area (Å²) >= 11 is 5.91. The fourth-order valence-corrected chi connectivity index (χ4v) is 3.18. The molecule has 0 bridgehead atoms. The predicted octanol–water partition coefficient (Wildman–Crippen LogP) is 3.83. The SMILES string of the molecule is O=C(CN1CCN(c2ccc(O)cc2)CC1)Nc1cc(C(F)(F)F)ccc1Cl. The van der Waals surface area contributed by atoms with Crippen molar-refractivity contribution >= 4 is 28.9 Å². The third-order valence-electron chi connectivity index (χ3n) is 4.52. The number of phenolic OH excluding ortho intramolecular Hbond substituents is 1. The molecule has 0 aromatic heterocycles. The van der Waals surface area contributed by atoms with Gasteiger partial charge in [-0.05, 0) is 42.5 Å². The molecule has 3 rings (SSSR count). The van der Waals surface area contributed by atoms with Gasteiger partial charge in [0.1, 0.15) is 5.75 Å². The smallest absolute Gasteiger partial charge is 0.416 e. The summed E-state index contributed by atoms with van der Waals surface area (Å²) < 4.78 is 38.5.